The number of amides is 2. The van der Waals surface area contributed by atoms with Crippen LogP contribution >= 0.6 is 0 Å². The maximum atomic E-state index is 13.8. The minimum atomic E-state index is -0.577. The molecule has 8 nitrogen and oxygen atoms in total. The Morgan fingerprint density at radius 1 is 1.06 bits per heavy atom. The molecule has 8 heteroatoms. The molecule has 0 radical (unpaired) electrons. The Bertz CT molecular complexity index is 1430. The molecule has 0 bridgehead atoms. The minimum absolute atomic E-state index is 0.238. The first kappa shape index (κ1) is 24.9. The number of para-hydroxylation sites is 3. The molecule has 186 valence electrons. The predicted molar refractivity (Wildman–Crippen MR) is 141 cm³/mol. The van der Waals surface area contributed by atoms with E-state index in [2.05, 4.69) is 5.32 Å². The van der Waals surface area contributed by atoms with E-state index in [1.165, 1.54) is 4.57 Å². The van der Waals surface area contributed by atoms with E-state index in [1.54, 1.807) is 49.5 Å². The van der Waals surface area contributed by atoms with Gasteiger partial charge in [0, 0.05) is 19.3 Å². The number of anilines is 1. The summed E-state index contributed by atoms with van der Waals surface area (Å²) in [4.78, 5) is 33.7. The third kappa shape index (κ3) is 5.08. The number of nitrogens with zero attached hydrogens (tertiary/aromatic N) is 3. The first-order valence-electron chi connectivity index (χ1n) is 11.7. The van der Waals surface area contributed by atoms with Gasteiger partial charge >= 0.3 is 6.03 Å². The van der Waals surface area contributed by atoms with Crippen molar-refractivity contribution < 1.29 is 14.3 Å². The molecular weight excluding hydrogens is 456 g/mol. The lowest BCUT2D eigenvalue weighted by molar-refractivity contribution is 0.137. The van der Waals surface area contributed by atoms with Crippen LogP contribution in [0.1, 0.15) is 24.4 Å². The third-order valence-corrected chi connectivity index (χ3v) is 6.04. The van der Waals surface area contributed by atoms with Gasteiger partial charge in [-0.15, -0.1) is 0 Å². The zero-order chi connectivity index (χ0) is 25.7. The molecule has 1 aromatic heterocycles. The molecule has 36 heavy (non-hydrogen) atoms. The Labute approximate surface area is 210 Å². The van der Waals surface area contributed by atoms with Gasteiger partial charge in [0.1, 0.15) is 11.6 Å². The second-order valence-electron chi connectivity index (χ2n) is 8.46. The van der Waals surface area contributed by atoms with Crippen LogP contribution in [0.2, 0.25) is 0 Å². The Kier molecular flexibility index (Phi) is 7.65. The summed E-state index contributed by atoms with van der Waals surface area (Å²) in [5.41, 5.74) is 2.59. The molecule has 0 saturated carbocycles. The number of methoxy groups -OCH3 is 2. The summed E-state index contributed by atoms with van der Waals surface area (Å²) in [7, 11) is 3.14. The standard InChI is InChI=1S/C28H30N4O4/c1-19-10-9-11-21(18-19)29-28(34)31(16-17-35-3)20(2)26-30-23-13-6-5-12-22(23)27(33)32(26)24-14-7-8-15-25(24)36-4/h5-15,18,20H,16-17H2,1-4H3,(H,29,34). The Hall–Kier alpha value is -4.17. The van der Waals surface area contributed by atoms with Crippen molar-refractivity contribution in [3.05, 3.63) is 94.5 Å². The highest BCUT2D eigenvalue weighted by Crippen LogP contribution is 2.28. The van der Waals surface area contributed by atoms with E-state index >= 15 is 0 Å². The second kappa shape index (κ2) is 11.0. The van der Waals surface area contributed by atoms with Crippen LogP contribution in [-0.2, 0) is 4.74 Å². The molecule has 0 aliphatic carbocycles. The Morgan fingerprint density at radius 3 is 2.56 bits per heavy atom. The molecule has 2 amide bonds. The fourth-order valence-corrected chi connectivity index (χ4v) is 4.20. The number of urea groups is 1. The van der Waals surface area contributed by atoms with Crippen molar-refractivity contribution in [1.82, 2.24) is 14.5 Å². The van der Waals surface area contributed by atoms with Crippen molar-refractivity contribution in [3.63, 3.8) is 0 Å². The first-order chi connectivity index (χ1) is 17.4. The van der Waals surface area contributed by atoms with Gasteiger partial charge < -0.3 is 19.7 Å². The van der Waals surface area contributed by atoms with E-state index < -0.39 is 6.04 Å². The van der Waals surface area contributed by atoms with Crippen LogP contribution in [-0.4, -0.2) is 47.9 Å². The number of aromatic nitrogens is 2. The lowest BCUT2D eigenvalue weighted by atomic mass is 10.1. The molecule has 1 atom stereocenters. The lowest BCUT2D eigenvalue weighted by Gasteiger charge is -2.30. The van der Waals surface area contributed by atoms with Crippen molar-refractivity contribution in [2.45, 2.75) is 19.9 Å². The van der Waals surface area contributed by atoms with Gasteiger partial charge in [-0.3, -0.25) is 9.36 Å². The number of carbonyl (C=O) groups is 1. The van der Waals surface area contributed by atoms with Gasteiger partial charge in [0.2, 0.25) is 0 Å². The van der Waals surface area contributed by atoms with Crippen LogP contribution in [0.15, 0.2) is 77.6 Å². The number of ether oxygens (including phenoxy) is 2. The highest BCUT2D eigenvalue weighted by Gasteiger charge is 2.27. The van der Waals surface area contributed by atoms with Crippen molar-refractivity contribution >= 4 is 22.6 Å². The second-order valence-corrected chi connectivity index (χ2v) is 8.46. The zero-order valence-electron chi connectivity index (χ0n) is 20.9. The number of hydrogen-bond donors (Lipinski definition) is 1. The summed E-state index contributed by atoms with van der Waals surface area (Å²) in [5, 5.41) is 3.45. The fourth-order valence-electron chi connectivity index (χ4n) is 4.20. The van der Waals surface area contributed by atoms with Crippen molar-refractivity contribution in [2.24, 2.45) is 0 Å². The van der Waals surface area contributed by atoms with E-state index in [-0.39, 0.29) is 11.6 Å². The maximum Gasteiger partial charge on any atom is 0.322 e. The van der Waals surface area contributed by atoms with Gasteiger partial charge in [-0.1, -0.05) is 36.4 Å². The van der Waals surface area contributed by atoms with Crippen LogP contribution < -0.4 is 15.6 Å². The molecule has 1 heterocycles. The molecule has 4 aromatic rings. The summed E-state index contributed by atoms with van der Waals surface area (Å²) in [6.07, 6.45) is 0. The minimum Gasteiger partial charge on any atom is -0.495 e. The van der Waals surface area contributed by atoms with Crippen molar-refractivity contribution in [3.8, 4) is 11.4 Å². The lowest BCUT2D eigenvalue weighted by Crippen LogP contribution is -2.41. The average Bonchev–Trinajstić information content (AvgIpc) is 2.88. The fraction of sp³-hybridized carbons (Fsp3) is 0.250. The summed E-state index contributed by atoms with van der Waals surface area (Å²) in [6, 6.07) is 21.1. The number of carbonyl (C=O) groups excluding carboxylic acids is 1. The molecule has 0 aliphatic heterocycles. The van der Waals surface area contributed by atoms with E-state index in [0.29, 0.717) is 47.0 Å². The summed E-state index contributed by atoms with van der Waals surface area (Å²) < 4.78 is 12.4. The molecule has 0 saturated heterocycles. The highest BCUT2D eigenvalue weighted by atomic mass is 16.5. The smallest absolute Gasteiger partial charge is 0.322 e. The SMILES string of the molecule is COCCN(C(=O)Nc1cccc(C)c1)C(C)c1nc2ccccc2c(=O)n1-c1ccccc1OC. The molecule has 0 spiro atoms. The Morgan fingerprint density at radius 2 is 1.81 bits per heavy atom. The molecule has 3 aromatic carbocycles. The van der Waals surface area contributed by atoms with Gasteiger partial charge in [-0.25, -0.2) is 9.78 Å². The number of rotatable bonds is 8. The van der Waals surface area contributed by atoms with Gasteiger partial charge in [-0.2, -0.15) is 0 Å². The molecular formula is C28H30N4O4. The van der Waals surface area contributed by atoms with Crippen LogP contribution in [0.4, 0.5) is 10.5 Å². The van der Waals surface area contributed by atoms with E-state index in [0.717, 1.165) is 5.56 Å². The van der Waals surface area contributed by atoms with E-state index in [1.807, 2.05) is 56.3 Å². The largest absolute Gasteiger partial charge is 0.495 e. The van der Waals surface area contributed by atoms with Crippen molar-refractivity contribution in [2.75, 3.05) is 32.7 Å². The first-order valence-corrected chi connectivity index (χ1v) is 11.7. The highest BCUT2D eigenvalue weighted by molar-refractivity contribution is 5.89. The van der Waals surface area contributed by atoms with Gasteiger partial charge in [0.25, 0.3) is 5.56 Å². The van der Waals surface area contributed by atoms with E-state index in [9.17, 15) is 9.59 Å². The zero-order valence-corrected chi connectivity index (χ0v) is 20.9. The quantitative estimate of drug-likeness (QED) is 0.381. The predicted octanol–water partition coefficient (Wildman–Crippen LogP) is 4.94. The topological polar surface area (TPSA) is 85.7 Å². The number of fused-ring (bicyclic) bond motifs is 1. The number of aryl methyl sites for hydroxylation is 1. The maximum absolute atomic E-state index is 13.8. The van der Waals surface area contributed by atoms with Gasteiger partial charge in [0.15, 0.2) is 0 Å². The monoisotopic (exact) mass is 486 g/mol. The third-order valence-electron chi connectivity index (χ3n) is 6.04. The summed E-state index contributed by atoms with van der Waals surface area (Å²) in [6.45, 7) is 4.43. The Balaban J connectivity index is 1.86. The normalized spacial score (nSPS) is 11.8. The van der Waals surface area contributed by atoms with Crippen LogP contribution in [0, 0.1) is 6.92 Å². The number of benzene rings is 3. The molecule has 1 N–H and O–H groups in total. The average molecular weight is 487 g/mol. The van der Waals surface area contributed by atoms with Crippen LogP contribution in [0.3, 0.4) is 0 Å². The molecule has 1 unspecified atom stereocenters. The summed E-state index contributed by atoms with van der Waals surface area (Å²) >= 11 is 0. The summed E-state index contributed by atoms with van der Waals surface area (Å²) in [5.74, 6) is 0.941. The molecule has 0 fully saturated rings. The molecule has 0 aliphatic rings. The van der Waals surface area contributed by atoms with Crippen LogP contribution in [0.25, 0.3) is 16.6 Å². The van der Waals surface area contributed by atoms with E-state index in [4.69, 9.17) is 14.5 Å². The number of hydrogen-bond acceptors (Lipinski definition) is 5. The van der Waals surface area contributed by atoms with Gasteiger partial charge in [-0.05, 0) is 55.8 Å². The molecule has 4 rings (SSSR count). The van der Waals surface area contributed by atoms with Crippen molar-refractivity contribution in [1.29, 1.82) is 0 Å². The van der Waals surface area contributed by atoms with Crippen LogP contribution in [0.5, 0.6) is 5.75 Å². The number of nitrogens with one attached hydrogen (secondary N) is 1. The van der Waals surface area contributed by atoms with Gasteiger partial charge in [0.05, 0.1) is 36.3 Å².